The summed E-state index contributed by atoms with van der Waals surface area (Å²) in [6.45, 7) is 8.16. The van der Waals surface area contributed by atoms with Crippen molar-refractivity contribution in [2.24, 2.45) is 0 Å². The molecule has 4 heterocycles. The van der Waals surface area contributed by atoms with Crippen molar-refractivity contribution in [3.05, 3.63) is 53.3 Å². The summed E-state index contributed by atoms with van der Waals surface area (Å²) in [6.07, 6.45) is 4.01. The van der Waals surface area contributed by atoms with Crippen LogP contribution in [-0.2, 0) is 12.8 Å². The number of nitrogens with zero attached hydrogens (tertiary/aromatic N) is 4. The number of rotatable bonds is 4. The van der Waals surface area contributed by atoms with Crippen molar-refractivity contribution >= 4 is 11.5 Å². The highest BCUT2D eigenvalue weighted by Gasteiger charge is 2.33. The molecule has 0 aliphatic carbocycles. The molecular weight excluding hydrogens is 350 g/mol. The van der Waals surface area contributed by atoms with E-state index in [1.807, 2.05) is 16.8 Å². The predicted molar refractivity (Wildman–Crippen MR) is 110 cm³/mol. The fraction of sp³-hybridized carbons (Fsp3) is 0.455. The van der Waals surface area contributed by atoms with Gasteiger partial charge in [0.2, 0.25) is 0 Å². The maximum Gasteiger partial charge on any atom is 0.157 e. The SMILES string of the molecule is CC(C)c1cccc(OC2CN(c3c4c(nc5ccnn35)CCNCC4)C2)c1. The van der Waals surface area contributed by atoms with E-state index in [2.05, 4.69) is 53.4 Å². The van der Waals surface area contributed by atoms with Gasteiger partial charge in [-0.1, -0.05) is 26.0 Å². The van der Waals surface area contributed by atoms with Crippen LogP contribution in [0.25, 0.3) is 5.65 Å². The molecule has 0 unspecified atom stereocenters. The smallest absolute Gasteiger partial charge is 0.157 e. The molecule has 1 N–H and O–H groups in total. The zero-order chi connectivity index (χ0) is 19.1. The van der Waals surface area contributed by atoms with Crippen molar-refractivity contribution in [1.82, 2.24) is 19.9 Å². The number of anilines is 1. The molecule has 6 heteroatoms. The summed E-state index contributed by atoms with van der Waals surface area (Å²) in [4.78, 5) is 7.24. The van der Waals surface area contributed by atoms with Gasteiger partial charge in [-0.15, -0.1) is 0 Å². The van der Waals surface area contributed by atoms with Gasteiger partial charge in [-0.3, -0.25) is 0 Å². The number of benzene rings is 1. The molecule has 0 amide bonds. The average molecular weight is 377 g/mol. The van der Waals surface area contributed by atoms with Crippen LogP contribution in [0.3, 0.4) is 0 Å². The maximum atomic E-state index is 6.26. The molecule has 0 spiro atoms. The largest absolute Gasteiger partial charge is 0.487 e. The number of fused-ring (bicyclic) bond motifs is 2. The molecule has 2 aliphatic rings. The minimum atomic E-state index is 0.209. The third-order valence-corrected chi connectivity index (χ3v) is 5.76. The normalized spacial score (nSPS) is 17.5. The Morgan fingerprint density at radius 2 is 2.00 bits per heavy atom. The van der Waals surface area contributed by atoms with Crippen LogP contribution >= 0.6 is 0 Å². The van der Waals surface area contributed by atoms with Crippen molar-refractivity contribution in [3.63, 3.8) is 0 Å². The average Bonchev–Trinajstić information content (AvgIpc) is 3.00. The highest BCUT2D eigenvalue weighted by Crippen LogP contribution is 2.31. The van der Waals surface area contributed by atoms with Crippen LogP contribution < -0.4 is 15.0 Å². The van der Waals surface area contributed by atoms with Gasteiger partial charge in [-0.05, 0) is 36.6 Å². The van der Waals surface area contributed by atoms with E-state index in [9.17, 15) is 0 Å². The van der Waals surface area contributed by atoms with Gasteiger partial charge in [0, 0.05) is 24.6 Å². The molecule has 6 nitrogen and oxygen atoms in total. The lowest BCUT2D eigenvalue weighted by Crippen LogP contribution is -2.55. The molecule has 0 saturated carbocycles. The van der Waals surface area contributed by atoms with Crippen LogP contribution in [0, 0.1) is 0 Å². The van der Waals surface area contributed by atoms with Gasteiger partial charge in [0.05, 0.1) is 25.0 Å². The fourth-order valence-corrected chi connectivity index (χ4v) is 4.16. The highest BCUT2D eigenvalue weighted by atomic mass is 16.5. The number of ether oxygens (including phenoxy) is 1. The van der Waals surface area contributed by atoms with Crippen LogP contribution in [-0.4, -0.2) is 46.9 Å². The van der Waals surface area contributed by atoms with E-state index in [0.717, 1.165) is 50.4 Å². The van der Waals surface area contributed by atoms with Gasteiger partial charge < -0.3 is 15.0 Å². The number of nitrogens with one attached hydrogen (secondary N) is 1. The maximum absolute atomic E-state index is 6.26. The second kappa shape index (κ2) is 7.09. The first-order valence-electron chi connectivity index (χ1n) is 10.3. The lowest BCUT2D eigenvalue weighted by molar-refractivity contribution is 0.166. The summed E-state index contributed by atoms with van der Waals surface area (Å²) in [6, 6.07) is 10.5. The lowest BCUT2D eigenvalue weighted by atomic mass is 10.0. The van der Waals surface area contributed by atoms with E-state index >= 15 is 0 Å². The zero-order valence-electron chi connectivity index (χ0n) is 16.6. The van der Waals surface area contributed by atoms with Crippen LogP contribution in [0.5, 0.6) is 5.75 Å². The van der Waals surface area contributed by atoms with Crippen LogP contribution in [0.1, 0.15) is 36.6 Å². The summed E-state index contributed by atoms with van der Waals surface area (Å²) in [5.74, 6) is 2.68. The predicted octanol–water partition coefficient (Wildman–Crippen LogP) is 2.81. The quantitative estimate of drug-likeness (QED) is 0.758. The van der Waals surface area contributed by atoms with Gasteiger partial charge in [-0.2, -0.15) is 9.61 Å². The van der Waals surface area contributed by atoms with E-state index < -0.39 is 0 Å². The molecule has 5 rings (SSSR count). The van der Waals surface area contributed by atoms with Gasteiger partial charge in [0.25, 0.3) is 0 Å². The molecule has 3 aromatic rings. The van der Waals surface area contributed by atoms with Crippen molar-refractivity contribution in [2.45, 2.75) is 38.7 Å². The van der Waals surface area contributed by atoms with Gasteiger partial charge >= 0.3 is 0 Å². The Morgan fingerprint density at radius 1 is 1.14 bits per heavy atom. The summed E-state index contributed by atoms with van der Waals surface area (Å²) in [5.41, 5.74) is 4.80. The van der Waals surface area contributed by atoms with E-state index in [4.69, 9.17) is 9.72 Å². The van der Waals surface area contributed by atoms with Crippen molar-refractivity contribution in [3.8, 4) is 5.75 Å². The molecule has 0 radical (unpaired) electrons. The Morgan fingerprint density at radius 3 is 2.86 bits per heavy atom. The molecule has 146 valence electrons. The third kappa shape index (κ3) is 3.11. The molecule has 2 aromatic heterocycles. The minimum Gasteiger partial charge on any atom is -0.487 e. The summed E-state index contributed by atoms with van der Waals surface area (Å²) < 4.78 is 8.26. The second-order valence-electron chi connectivity index (χ2n) is 8.08. The van der Waals surface area contributed by atoms with Gasteiger partial charge in [0.1, 0.15) is 17.7 Å². The van der Waals surface area contributed by atoms with Gasteiger partial charge in [-0.25, -0.2) is 4.98 Å². The lowest BCUT2D eigenvalue weighted by Gasteiger charge is -2.41. The Kier molecular flexibility index (Phi) is 4.43. The highest BCUT2D eigenvalue weighted by molar-refractivity contribution is 5.59. The molecule has 0 bridgehead atoms. The minimum absolute atomic E-state index is 0.209. The van der Waals surface area contributed by atoms with Crippen LogP contribution in [0.2, 0.25) is 0 Å². The Bertz CT molecular complexity index is 990. The Labute approximate surface area is 165 Å². The molecule has 1 fully saturated rings. The van der Waals surface area contributed by atoms with Crippen molar-refractivity contribution in [1.29, 1.82) is 0 Å². The van der Waals surface area contributed by atoms with Crippen molar-refractivity contribution < 1.29 is 4.74 Å². The first kappa shape index (κ1) is 17.5. The fourth-order valence-electron chi connectivity index (χ4n) is 4.16. The monoisotopic (exact) mass is 377 g/mol. The Balaban J connectivity index is 1.37. The van der Waals surface area contributed by atoms with Crippen LogP contribution in [0.4, 0.5) is 5.82 Å². The van der Waals surface area contributed by atoms with E-state index in [1.54, 1.807) is 0 Å². The summed E-state index contributed by atoms with van der Waals surface area (Å²) in [7, 11) is 0. The first-order chi connectivity index (χ1) is 13.7. The van der Waals surface area contributed by atoms with Gasteiger partial charge in [0.15, 0.2) is 5.65 Å². The van der Waals surface area contributed by atoms with E-state index in [1.165, 1.54) is 22.6 Å². The second-order valence-corrected chi connectivity index (χ2v) is 8.08. The van der Waals surface area contributed by atoms with Crippen LogP contribution in [0.15, 0.2) is 36.5 Å². The van der Waals surface area contributed by atoms with E-state index in [-0.39, 0.29) is 6.10 Å². The van der Waals surface area contributed by atoms with Crippen molar-refractivity contribution in [2.75, 3.05) is 31.1 Å². The molecule has 1 aromatic carbocycles. The van der Waals surface area contributed by atoms with E-state index in [0.29, 0.717) is 5.92 Å². The standard InChI is InChI=1S/C22H27N5O/c1-15(2)16-4-3-5-17(12-16)28-18-13-26(14-18)22-19-6-9-23-10-7-20(19)25-21-8-11-24-27(21)22/h3-5,8,11-12,15,18,23H,6-7,9-10,13-14H2,1-2H3. The summed E-state index contributed by atoms with van der Waals surface area (Å²) >= 11 is 0. The number of hydrogen-bond acceptors (Lipinski definition) is 5. The molecule has 2 aliphatic heterocycles. The molecule has 0 atom stereocenters. The third-order valence-electron chi connectivity index (χ3n) is 5.76. The molecule has 1 saturated heterocycles. The zero-order valence-corrected chi connectivity index (χ0v) is 16.6. The number of aromatic nitrogens is 3. The first-order valence-corrected chi connectivity index (χ1v) is 10.3. The number of hydrogen-bond donors (Lipinski definition) is 1. The molecule has 28 heavy (non-hydrogen) atoms. The Hall–Kier alpha value is -2.60. The summed E-state index contributed by atoms with van der Waals surface area (Å²) in [5, 5.41) is 8.04. The topological polar surface area (TPSA) is 54.7 Å². The molecular formula is C22H27N5O.